The highest BCUT2D eigenvalue weighted by Crippen LogP contribution is 2.43. The Kier molecular flexibility index (Phi) is 5.74. The van der Waals surface area contributed by atoms with E-state index in [4.69, 9.17) is 14.2 Å². The standard InChI is InChI=1S/C21H22FNO6/c1-21(2)11-15-17(8-12(20(25)26)9-18(15)29-21)28-13-4-5-14(16(22)10-13)19(24)23-6-7-27-3/h4-5,8-10H,6-7,11H2,1-3H3,(H,23,24)(H,25,26). The first kappa shape index (κ1) is 20.6. The smallest absolute Gasteiger partial charge is 0.335 e. The molecule has 0 fully saturated rings. The van der Waals surface area contributed by atoms with Crippen LogP contribution in [-0.4, -0.2) is 42.8 Å². The number of rotatable bonds is 7. The van der Waals surface area contributed by atoms with Crippen molar-refractivity contribution in [1.29, 1.82) is 0 Å². The minimum Gasteiger partial charge on any atom is -0.487 e. The molecule has 2 N–H and O–H groups in total. The van der Waals surface area contributed by atoms with E-state index >= 15 is 0 Å². The number of carboxylic acids is 1. The Balaban J connectivity index is 1.86. The maximum Gasteiger partial charge on any atom is 0.335 e. The third kappa shape index (κ3) is 4.65. The zero-order valence-corrected chi connectivity index (χ0v) is 16.4. The summed E-state index contributed by atoms with van der Waals surface area (Å²) >= 11 is 0. The third-order valence-electron chi connectivity index (χ3n) is 4.41. The van der Waals surface area contributed by atoms with Gasteiger partial charge in [-0.25, -0.2) is 9.18 Å². The van der Waals surface area contributed by atoms with Gasteiger partial charge in [-0.05, 0) is 38.1 Å². The number of carbonyl (C=O) groups is 2. The van der Waals surface area contributed by atoms with Crippen molar-refractivity contribution in [2.45, 2.75) is 25.9 Å². The van der Waals surface area contributed by atoms with E-state index in [2.05, 4.69) is 5.32 Å². The van der Waals surface area contributed by atoms with Crippen LogP contribution in [-0.2, 0) is 11.2 Å². The van der Waals surface area contributed by atoms with Crippen LogP contribution in [0.25, 0.3) is 0 Å². The first-order valence-electron chi connectivity index (χ1n) is 9.04. The van der Waals surface area contributed by atoms with E-state index in [9.17, 15) is 19.1 Å². The fourth-order valence-electron chi connectivity index (χ4n) is 3.09. The van der Waals surface area contributed by atoms with E-state index in [1.165, 1.54) is 31.4 Å². The van der Waals surface area contributed by atoms with E-state index in [1.807, 2.05) is 13.8 Å². The molecule has 1 aliphatic heterocycles. The molecule has 0 aliphatic carbocycles. The van der Waals surface area contributed by atoms with Crippen LogP contribution in [0.3, 0.4) is 0 Å². The Morgan fingerprint density at radius 2 is 2.03 bits per heavy atom. The average molecular weight is 403 g/mol. The molecule has 1 heterocycles. The number of carbonyl (C=O) groups excluding carboxylic acids is 1. The summed E-state index contributed by atoms with van der Waals surface area (Å²) in [5, 5.41) is 11.9. The fourth-order valence-corrected chi connectivity index (χ4v) is 3.09. The summed E-state index contributed by atoms with van der Waals surface area (Å²) in [6.07, 6.45) is 0.514. The molecule has 29 heavy (non-hydrogen) atoms. The molecule has 154 valence electrons. The molecule has 2 aromatic carbocycles. The average Bonchev–Trinajstić information content (AvgIpc) is 2.96. The molecule has 3 rings (SSSR count). The maximum atomic E-state index is 14.4. The first-order chi connectivity index (χ1) is 13.7. The molecule has 0 unspecified atom stereocenters. The Morgan fingerprint density at radius 3 is 2.69 bits per heavy atom. The molecule has 0 saturated heterocycles. The molecule has 0 radical (unpaired) electrons. The highest BCUT2D eigenvalue weighted by atomic mass is 19.1. The van der Waals surface area contributed by atoms with Crippen molar-refractivity contribution in [1.82, 2.24) is 5.32 Å². The number of hydrogen-bond acceptors (Lipinski definition) is 5. The van der Waals surface area contributed by atoms with Gasteiger partial charge in [0.1, 0.15) is 28.7 Å². The van der Waals surface area contributed by atoms with Crippen molar-refractivity contribution in [3.05, 3.63) is 52.8 Å². The van der Waals surface area contributed by atoms with Gasteiger partial charge in [0.15, 0.2) is 0 Å². The lowest BCUT2D eigenvalue weighted by Crippen LogP contribution is -2.27. The van der Waals surface area contributed by atoms with Gasteiger partial charge in [0.2, 0.25) is 0 Å². The summed E-state index contributed by atoms with van der Waals surface area (Å²) in [4.78, 5) is 23.4. The van der Waals surface area contributed by atoms with Crippen molar-refractivity contribution in [3.8, 4) is 17.2 Å². The molecular weight excluding hydrogens is 381 g/mol. The molecule has 2 aromatic rings. The third-order valence-corrected chi connectivity index (χ3v) is 4.41. The van der Waals surface area contributed by atoms with Gasteiger partial charge in [0, 0.05) is 31.7 Å². The second kappa shape index (κ2) is 8.08. The molecular formula is C21H22FNO6. The summed E-state index contributed by atoms with van der Waals surface area (Å²) in [5.74, 6) is -1.58. The predicted octanol–water partition coefficient (Wildman–Crippen LogP) is 3.41. The maximum absolute atomic E-state index is 14.4. The Hall–Kier alpha value is -3.13. The van der Waals surface area contributed by atoms with Gasteiger partial charge in [-0.2, -0.15) is 0 Å². The van der Waals surface area contributed by atoms with E-state index in [0.29, 0.717) is 24.3 Å². The minimum atomic E-state index is -1.12. The number of fused-ring (bicyclic) bond motifs is 1. The Morgan fingerprint density at radius 1 is 1.28 bits per heavy atom. The molecule has 1 amide bonds. The van der Waals surface area contributed by atoms with E-state index < -0.39 is 23.3 Å². The van der Waals surface area contributed by atoms with Gasteiger partial charge < -0.3 is 24.6 Å². The number of methoxy groups -OCH3 is 1. The zero-order chi connectivity index (χ0) is 21.2. The van der Waals surface area contributed by atoms with Gasteiger partial charge in [0.05, 0.1) is 17.7 Å². The second-order valence-corrected chi connectivity index (χ2v) is 7.29. The van der Waals surface area contributed by atoms with Gasteiger partial charge >= 0.3 is 5.97 Å². The zero-order valence-electron chi connectivity index (χ0n) is 16.4. The second-order valence-electron chi connectivity index (χ2n) is 7.29. The Labute approximate surface area is 167 Å². The summed E-state index contributed by atoms with van der Waals surface area (Å²) in [5.41, 5.74) is 0.0859. The van der Waals surface area contributed by atoms with E-state index in [-0.39, 0.29) is 29.2 Å². The van der Waals surface area contributed by atoms with Crippen LogP contribution < -0.4 is 14.8 Å². The number of ether oxygens (including phenoxy) is 3. The van der Waals surface area contributed by atoms with Crippen molar-refractivity contribution in [3.63, 3.8) is 0 Å². The normalized spacial score (nSPS) is 14.1. The number of halogens is 1. The molecule has 1 aliphatic rings. The first-order valence-corrected chi connectivity index (χ1v) is 9.04. The van der Waals surface area contributed by atoms with Crippen LogP contribution in [0.4, 0.5) is 4.39 Å². The molecule has 0 bridgehead atoms. The summed E-state index contributed by atoms with van der Waals surface area (Å²) in [6, 6.07) is 6.69. The van der Waals surface area contributed by atoms with Crippen LogP contribution in [0, 0.1) is 5.82 Å². The minimum absolute atomic E-state index is 0.00561. The SMILES string of the molecule is COCCNC(=O)c1ccc(Oc2cc(C(=O)O)cc3c2CC(C)(C)O3)cc1F. The molecule has 0 spiro atoms. The van der Waals surface area contributed by atoms with Gasteiger partial charge in [-0.1, -0.05) is 0 Å². The van der Waals surface area contributed by atoms with E-state index in [1.54, 1.807) is 0 Å². The number of hydrogen-bond donors (Lipinski definition) is 2. The van der Waals surface area contributed by atoms with E-state index in [0.717, 1.165) is 6.07 Å². The number of carboxylic acid groups (broad SMARTS) is 1. The fraction of sp³-hybridized carbons (Fsp3) is 0.333. The topological polar surface area (TPSA) is 94.1 Å². The number of nitrogens with one attached hydrogen (secondary N) is 1. The van der Waals surface area contributed by atoms with Crippen LogP contribution in [0.1, 0.15) is 40.1 Å². The summed E-state index contributed by atoms with van der Waals surface area (Å²) < 4.78 is 30.9. The van der Waals surface area contributed by atoms with Crippen LogP contribution >= 0.6 is 0 Å². The number of benzene rings is 2. The van der Waals surface area contributed by atoms with Crippen LogP contribution in [0.15, 0.2) is 30.3 Å². The lowest BCUT2D eigenvalue weighted by Gasteiger charge is -2.16. The molecule has 0 saturated carbocycles. The van der Waals surface area contributed by atoms with Crippen molar-refractivity contribution >= 4 is 11.9 Å². The molecule has 0 atom stereocenters. The van der Waals surface area contributed by atoms with Crippen LogP contribution in [0.2, 0.25) is 0 Å². The molecule has 0 aromatic heterocycles. The summed E-state index contributed by atoms with van der Waals surface area (Å²) in [6.45, 7) is 4.34. The molecule has 7 nitrogen and oxygen atoms in total. The largest absolute Gasteiger partial charge is 0.487 e. The van der Waals surface area contributed by atoms with Crippen molar-refractivity contribution < 1.29 is 33.3 Å². The highest BCUT2D eigenvalue weighted by molar-refractivity contribution is 5.94. The lowest BCUT2D eigenvalue weighted by molar-refractivity contribution is 0.0694. The predicted molar refractivity (Wildman–Crippen MR) is 102 cm³/mol. The summed E-state index contributed by atoms with van der Waals surface area (Å²) in [7, 11) is 1.50. The van der Waals surface area contributed by atoms with Gasteiger partial charge in [0.25, 0.3) is 5.91 Å². The highest BCUT2D eigenvalue weighted by Gasteiger charge is 2.34. The monoisotopic (exact) mass is 403 g/mol. The lowest BCUT2D eigenvalue weighted by atomic mass is 10.00. The Bertz CT molecular complexity index is 956. The number of amides is 1. The van der Waals surface area contributed by atoms with Gasteiger partial charge in [-0.3, -0.25) is 4.79 Å². The van der Waals surface area contributed by atoms with Crippen molar-refractivity contribution in [2.24, 2.45) is 0 Å². The van der Waals surface area contributed by atoms with Crippen molar-refractivity contribution in [2.75, 3.05) is 20.3 Å². The number of aromatic carboxylic acids is 1. The quantitative estimate of drug-likeness (QED) is 0.688. The molecule has 8 heteroatoms. The van der Waals surface area contributed by atoms with Gasteiger partial charge in [-0.15, -0.1) is 0 Å². The van der Waals surface area contributed by atoms with Crippen LogP contribution in [0.5, 0.6) is 17.2 Å².